The van der Waals surface area contributed by atoms with E-state index in [2.05, 4.69) is 10.3 Å². The number of anilines is 2. The van der Waals surface area contributed by atoms with Gasteiger partial charge in [0.1, 0.15) is 5.69 Å². The molecule has 2 aliphatic rings. The number of aromatic nitrogens is 1. The van der Waals surface area contributed by atoms with Crippen molar-refractivity contribution < 1.29 is 97.4 Å². The van der Waals surface area contributed by atoms with Crippen molar-refractivity contribution in [2.75, 3.05) is 36.4 Å². The molecule has 2 fully saturated rings. The van der Waals surface area contributed by atoms with Crippen LogP contribution in [0, 0.1) is 5.41 Å². The van der Waals surface area contributed by atoms with Gasteiger partial charge in [0.05, 0.1) is 28.4 Å². The molecule has 2 aliphatic heterocycles. The third-order valence-electron chi connectivity index (χ3n) is 9.41. The minimum Gasteiger partial charge on any atom is -0.370 e. The quantitative estimate of drug-likeness (QED) is 0.255. The van der Waals surface area contributed by atoms with Crippen LogP contribution >= 0.6 is 11.3 Å². The fraction of sp³-hybridized carbons (Fsp3) is 0.633. The summed E-state index contributed by atoms with van der Waals surface area (Å²) in [6.07, 6.45) is -42.4. The van der Waals surface area contributed by atoms with Crippen LogP contribution in [0.1, 0.15) is 59.1 Å². The van der Waals surface area contributed by atoms with E-state index in [4.69, 9.17) is 0 Å². The van der Waals surface area contributed by atoms with Gasteiger partial charge in [-0.05, 0) is 43.9 Å². The number of piperidine rings is 1. The summed E-state index contributed by atoms with van der Waals surface area (Å²) in [5.74, 6) is -20.6. The second-order valence-corrected chi connectivity index (χ2v) is 13.9. The zero-order chi connectivity index (χ0) is 43.6. The molecule has 1 aromatic carbocycles. The second-order valence-electron chi connectivity index (χ2n) is 13.0. The number of rotatable bonds is 9. The van der Waals surface area contributed by atoms with Gasteiger partial charge in [0, 0.05) is 37.5 Å². The van der Waals surface area contributed by atoms with E-state index >= 15 is 13.2 Å². The average molecular weight is 885 g/mol. The van der Waals surface area contributed by atoms with Gasteiger partial charge in [0.15, 0.2) is 0 Å². The predicted molar refractivity (Wildman–Crippen MR) is 157 cm³/mol. The number of alkyl halides is 20. The van der Waals surface area contributed by atoms with Crippen molar-refractivity contribution >= 4 is 34.5 Å². The fourth-order valence-electron chi connectivity index (χ4n) is 6.44. The van der Waals surface area contributed by atoms with E-state index in [1.54, 1.807) is 4.90 Å². The van der Waals surface area contributed by atoms with Gasteiger partial charge in [-0.15, -0.1) is 11.3 Å². The standard InChI is InChI=1S/C30H24F20N4O2S/c31-22(27(39,40)41,13-23(32,33)26(28(42,43)44,29(45,46)47)30(48,49)50)24(34,35)21(56)54-9-5-14(6-10-54)20-52-17(12-57-20)19(55)51-16-11-15(25(36,37)38)3-4-18(16)53-7-1-2-8-53/h3-4,11-12,14H,1-2,5-10,13H2,(H,51,55). The summed E-state index contributed by atoms with van der Waals surface area (Å²) in [6.45, 7) is -1.39. The Bertz CT molecular complexity index is 1750. The third kappa shape index (κ3) is 8.13. The lowest BCUT2D eigenvalue weighted by atomic mass is 9.72. The summed E-state index contributed by atoms with van der Waals surface area (Å²) >= 11 is 0.687. The van der Waals surface area contributed by atoms with E-state index in [1.807, 2.05) is 0 Å². The smallest absolute Gasteiger partial charge is 0.370 e. The molecule has 1 atom stereocenters. The first-order valence-corrected chi connectivity index (χ1v) is 16.8. The lowest BCUT2D eigenvalue weighted by Crippen LogP contribution is -2.72. The number of amides is 2. The lowest BCUT2D eigenvalue weighted by Gasteiger charge is -2.46. The Labute approximate surface area is 310 Å². The fourth-order valence-corrected chi connectivity index (χ4v) is 7.41. The van der Waals surface area contributed by atoms with Crippen LogP contribution in [-0.2, 0) is 11.0 Å². The molecular formula is C30H24F20N4O2S. The van der Waals surface area contributed by atoms with Crippen LogP contribution in [0.4, 0.5) is 99.2 Å². The largest absolute Gasteiger partial charge is 0.429 e. The van der Waals surface area contributed by atoms with Gasteiger partial charge in [0.2, 0.25) is 0 Å². The Morgan fingerprint density at radius 3 is 1.68 bits per heavy atom. The summed E-state index contributed by atoms with van der Waals surface area (Å²) < 4.78 is 275. The maximum Gasteiger partial charge on any atom is 0.429 e. The molecule has 1 unspecified atom stereocenters. The average Bonchev–Trinajstić information content (AvgIpc) is 3.74. The monoisotopic (exact) mass is 884 g/mol. The Morgan fingerprint density at radius 1 is 0.719 bits per heavy atom. The molecule has 6 nitrogen and oxygen atoms in total. The second kappa shape index (κ2) is 14.8. The number of nitrogens with one attached hydrogen (secondary N) is 1. The highest BCUT2D eigenvalue weighted by Crippen LogP contribution is 2.69. The van der Waals surface area contributed by atoms with Crippen LogP contribution in [0.15, 0.2) is 23.6 Å². The van der Waals surface area contributed by atoms with Gasteiger partial charge in [-0.2, -0.15) is 74.6 Å². The van der Waals surface area contributed by atoms with E-state index in [1.165, 1.54) is 0 Å². The Kier molecular flexibility index (Phi) is 11.9. The first-order chi connectivity index (χ1) is 25.6. The minimum atomic E-state index is -8.52. The maximum atomic E-state index is 15.2. The van der Waals surface area contributed by atoms with Crippen molar-refractivity contribution in [2.45, 2.75) is 86.4 Å². The summed E-state index contributed by atoms with van der Waals surface area (Å²) in [6, 6.07) is 2.61. The van der Waals surface area contributed by atoms with Crippen LogP contribution in [0.25, 0.3) is 0 Å². The zero-order valence-electron chi connectivity index (χ0n) is 27.9. The molecule has 0 radical (unpaired) electrons. The molecule has 4 rings (SSSR count). The lowest BCUT2D eigenvalue weighted by molar-refractivity contribution is -0.481. The van der Waals surface area contributed by atoms with Crippen molar-refractivity contribution in [3.05, 3.63) is 39.8 Å². The molecule has 2 amide bonds. The first kappa shape index (κ1) is 45.9. The Balaban J connectivity index is 1.55. The highest BCUT2D eigenvalue weighted by Gasteiger charge is 2.95. The number of carbonyl (C=O) groups excluding carboxylic acids is 2. The normalized spacial score (nSPS) is 18.5. The number of likely N-dealkylation sites (tertiary alicyclic amines) is 1. The number of benzene rings is 1. The van der Waals surface area contributed by atoms with Crippen molar-refractivity contribution in [1.29, 1.82) is 0 Å². The van der Waals surface area contributed by atoms with Gasteiger partial charge in [-0.3, -0.25) is 9.59 Å². The van der Waals surface area contributed by atoms with E-state index in [-0.39, 0.29) is 21.3 Å². The highest BCUT2D eigenvalue weighted by atomic mass is 32.1. The van der Waals surface area contributed by atoms with Gasteiger partial charge in [-0.1, -0.05) is 0 Å². The van der Waals surface area contributed by atoms with Crippen LogP contribution in [0.5, 0.6) is 0 Å². The van der Waals surface area contributed by atoms with Gasteiger partial charge in [0.25, 0.3) is 23.4 Å². The van der Waals surface area contributed by atoms with Gasteiger partial charge < -0.3 is 15.1 Å². The molecular weight excluding hydrogens is 860 g/mol. The van der Waals surface area contributed by atoms with Crippen molar-refractivity contribution in [1.82, 2.24) is 9.88 Å². The molecule has 0 aliphatic carbocycles. The number of hydrogen-bond donors (Lipinski definition) is 1. The molecule has 2 aromatic rings. The van der Waals surface area contributed by atoms with Crippen LogP contribution < -0.4 is 10.2 Å². The molecule has 0 bridgehead atoms. The highest BCUT2D eigenvalue weighted by molar-refractivity contribution is 7.10. The molecule has 2 saturated heterocycles. The Hall–Kier alpha value is -3.81. The SMILES string of the molecule is O=C(Nc1cc(C(F)(F)F)ccc1N1CCCC1)c1csc(C2CCN(C(=O)C(F)(F)C(F)(CC(F)(F)C(C(F)(F)F)(C(F)(F)F)C(F)(F)F)C(F)(F)F)CC2)n1. The van der Waals surface area contributed by atoms with Crippen molar-refractivity contribution in [2.24, 2.45) is 5.41 Å². The molecule has 57 heavy (non-hydrogen) atoms. The summed E-state index contributed by atoms with van der Waals surface area (Å²) in [5, 5.41) is 3.35. The number of hydrogen-bond acceptors (Lipinski definition) is 5. The summed E-state index contributed by atoms with van der Waals surface area (Å²) in [4.78, 5) is 30.9. The first-order valence-electron chi connectivity index (χ1n) is 15.9. The van der Waals surface area contributed by atoms with Gasteiger partial charge >= 0.3 is 42.2 Å². The molecule has 3 heterocycles. The minimum absolute atomic E-state index is 0.0413. The molecule has 1 aromatic heterocycles. The van der Waals surface area contributed by atoms with E-state index in [0.29, 0.717) is 43.3 Å². The molecule has 322 valence electrons. The third-order valence-corrected chi connectivity index (χ3v) is 10.4. The molecule has 0 saturated carbocycles. The van der Waals surface area contributed by atoms with Crippen LogP contribution in [-0.4, -0.2) is 90.1 Å². The number of nitrogens with zero attached hydrogens (tertiary/aromatic N) is 3. The maximum absolute atomic E-state index is 15.2. The van der Waals surface area contributed by atoms with E-state index in [0.717, 1.165) is 17.5 Å². The van der Waals surface area contributed by atoms with Gasteiger partial charge in [-0.25, -0.2) is 18.2 Å². The molecule has 0 spiro atoms. The van der Waals surface area contributed by atoms with E-state index in [9.17, 15) is 84.2 Å². The Morgan fingerprint density at radius 2 is 1.23 bits per heavy atom. The molecule has 1 N–H and O–H groups in total. The summed E-state index contributed by atoms with van der Waals surface area (Å²) in [5.41, 5.74) is -17.5. The number of halogens is 20. The number of carbonyl (C=O) groups is 2. The molecule has 27 heteroatoms. The predicted octanol–water partition coefficient (Wildman–Crippen LogP) is 10.3. The topological polar surface area (TPSA) is 65.5 Å². The van der Waals surface area contributed by atoms with Crippen molar-refractivity contribution in [3.63, 3.8) is 0 Å². The summed E-state index contributed by atoms with van der Waals surface area (Å²) in [7, 11) is 0. The van der Waals surface area contributed by atoms with Crippen LogP contribution in [0.3, 0.4) is 0 Å². The van der Waals surface area contributed by atoms with E-state index < -0.39 is 115 Å². The van der Waals surface area contributed by atoms with Crippen LogP contribution in [0.2, 0.25) is 0 Å². The number of thiazole rings is 1. The zero-order valence-corrected chi connectivity index (χ0v) is 28.7. The van der Waals surface area contributed by atoms with Crippen molar-refractivity contribution in [3.8, 4) is 0 Å².